The van der Waals surface area contributed by atoms with Crippen LogP contribution < -0.4 is 10.1 Å². The third-order valence-electron chi connectivity index (χ3n) is 5.37. The number of nitrogens with one attached hydrogen (secondary N) is 1. The number of hydrogen-bond acceptors (Lipinski definition) is 4. The standard InChI is InChI=1S/C24H25F2NO4/c1-4-31-24(29)20(15-6-5-7-18(13-15)30-3)16-9-10-17(12-16)27-23(28)19-11-8-14(2)21(25)22(19)26/h5-11,13,16-17,20H,4,12H2,1-3H3,(H,27,28). The fourth-order valence-corrected chi connectivity index (χ4v) is 3.77. The second-order valence-corrected chi connectivity index (χ2v) is 7.43. The van der Waals surface area contributed by atoms with E-state index < -0.39 is 29.5 Å². The van der Waals surface area contributed by atoms with Gasteiger partial charge in [-0.2, -0.15) is 0 Å². The Morgan fingerprint density at radius 3 is 2.65 bits per heavy atom. The van der Waals surface area contributed by atoms with Crippen molar-refractivity contribution < 1.29 is 27.8 Å². The molecular formula is C24H25F2NO4. The molecule has 3 rings (SSSR count). The van der Waals surface area contributed by atoms with Crippen molar-refractivity contribution in [1.29, 1.82) is 0 Å². The average molecular weight is 429 g/mol. The molecule has 0 saturated heterocycles. The van der Waals surface area contributed by atoms with Gasteiger partial charge in [-0.1, -0.05) is 30.4 Å². The van der Waals surface area contributed by atoms with Gasteiger partial charge in [0.1, 0.15) is 5.75 Å². The smallest absolute Gasteiger partial charge is 0.314 e. The minimum Gasteiger partial charge on any atom is -0.497 e. The molecule has 5 nitrogen and oxygen atoms in total. The topological polar surface area (TPSA) is 64.6 Å². The first kappa shape index (κ1) is 22.5. The SMILES string of the molecule is CCOC(=O)C(c1cccc(OC)c1)C1C=CC(NC(=O)c2ccc(C)c(F)c2F)C1. The Morgan fingerprint density at radius 1 is 1.16 bits per heavy atom. The molecular weight excluding hydrogens is 404 g/mol. The fourth-order valence-electron chi connectivity index (χ4n) is 3.77. The number of carbonyl (C=O) groups excluding carboxylic acids is 2. The number of carbonyl (C=O) groups is 2. The summed E-state index contributed by atoms with van der Waals surface area (Å²) in [5.74, 6) is -3.48. The van der Waals surface area contributed by atoms with Crippen LogP contribution in [0.1, 0.15) is 40.7 Å². The van der Waals surface area contributed by atoms with Gasteiger partial charge in [0.2, 0.25) is 0 Å². The molecule has 0 aromatic heterocycles. The Bertz CT molecular complexity index is 1010. The molecule has 0 spiro atoms. The lowest BCUT2D eigenvalue weighted by molar-refractivity contribution is -0.146. The number of rotatable bonds is 7. The molecule has 1 aliphatic carbocycles. The molecule has 1 amide bonds. The summed E-state index contributed by atoms with van der Waals surface area (Å²) in [7, 11) is 1.55. The van der Waals surface area contributed by atoms with Crippen LogP contribution in [0.3, 0.4) is 0 Å². The highest BCUT2D eigenvalue weighted by Gasteiger charge is 2.35. The van der Waals surface area contributed by atoms with Gasteiger partial charge in [-0.05, 0) is 55.5 Å². The van der Waals surface area contributed by atoms with Crippen LogP contribution in [0.25, 0.3) is 0 Å². The zero-order valence-electron chi connectivity index (χ0n) is 17.7. The van der Waals surface area contributed by atoms with Gasteiger partial charge in [0.25, 0.3) is 5.91 Å². The molecule has 2 aromatic rings. The number of aryl methyl sites for hydroxylation is 1. The highest BCUT2D eigenvalue weighted by atomic mass is 19.2. The van der Waals surface area contributed by atoms with Crippen molar-refractivity contribution in [2.45, 2.75) is 32.2 Å². The zero-order valence-corrected chi connectivity index (χ0v) is 17.7. The molecule has 1 N–H and O–H groups in total. The second-order valence-electron chi connectivity index (χ2n) is 7.43. The lowest BCUT2D eigenvalue weighted by atomic mass is 9.85. The summed E-state index contributed by atoms with van der Waals surface area (Å²) >= 11 is 0. The Balaban J connectivity index is 1.76. The number of amides is 1. The van der Waals surface area contributed by atoms with E-state index in [4.69, 9.17) is 9.47 Å². The molecule has 0 bridgehead atoms. The molecule has 0 fully saturated rings. The van der Waals surface area contributed by atoms with Crippen LogP contribution in [0.4, 0.5) is 8.78 Å². The van der Waals surface area contributed by atoms with E-state index in [1.54, 1.807) is 38.3 Å². The van der Waals surface area contributed by atoms with E-state index in [1.165, 1.54) is 19.1 Å². The maximum atomic E-state index is 14.1. The lowest BCUT2D eigenvalue weighted by Gasteiger charge is -2.23. The van der Waals surface area contributed by atoms with Crippen LogP contribution in [-0.2, 0) is 9.53 Å². The Labute approximate surface area is 180 Å². The fraction of sp³-hybridized carbons (Fsp3) is 0.333. The van der Waals surface area contributed by atoms with Gasteiger partial charge in [-0.15, -0.1) is 0 Å². The van der Waals surface area contributed by atoms with Crippen LogP contribution in [0.15, 0.2) is 48.6 Å². The van der Waals surface area contributed by atoms with Crippen molar-refractivity contribution in [2.24, 2.45) is 5.92 Å². The molecule has 3 atom stereocenters. The lowest BCUT2D eigenvalue weighted by Crippen LogP contribution is -2.34. The van der Waals surface area contributed by atoms with E-state index in [9.17, 15) is 18.4 Å². The van der Waals surface area contributed by atoms with Crippen molar-refractivity contribution in [3.05, 3.63) is 76.9 Å². The van der Waals surface area contributed by atoms with Crippen molar-refractivity contribution in [2.75, 3.05) is 13.7 Å². The number of allylic oxidation sites excluding steroid dienone is 1. The summed E-state index contributed by atoms with van der Waals surface area (Å²) in [6, 6.07) is 9.39. The number of esters is 1. The Hall–Kier alpha value is -3.22. The van der Waals surface area contributed by atoms with Gasteiger partial charge < -0.3 is 14.8 Å². The maximum absolute atomic E-state index is 14.1. The minimum absolute atomic E-state index is 0.130. The normalized spacial score (nSPS) is 18.5. The number of halogens is 2. The van der Waals surface area contributed by atoms with Gasteiger partial charge in [0, 0.05) is 6.04 Å². The number of methoxy groups -OCH3 is 1. The van der Waals surface area contributed by atoms with E-state index in [-0.39, 0.29) is 29.6 Å². The molecule has 0 saturated carbocycles. The molecule has 0 aliphatic heterocycles. The highest BCUT2D eigenvalue weighted by Crippen LogP contribution is 2.35. The number of hydrogen-bond donors (Lipinski definition) is 1. The van der Waals surface area contributed by atoms with Gasteiger partial charge in [0.05, 0.1) is 25.2 Å². The predicted octanol–water partition coefficient (Wildman–Crippen LogP) is 4.30. The quantitative estimate of drug-likeness (QED) is 0.526. The predicted molar refractivity (Wildman–Crippen MR) is 112 cm³/mol. The van der Waals surface area contributed by atoms with Crippen molar-refractivity contribution in [3.63, 3.8) is 0 Å². The molecule has 1 aliphatic rings. The molecule has 0 radical (unpaired) electrons. The van der Waals surface area contributed by atoms with Gasteiger partial charge in [-0.25, -0.2) is 8.78 Å². The summed E-state index contributed by atoms with van der Waals surface area (Å²) in [5.41, 5.74) is 0.520. The number of benzene rings is 2. The molecule has 2 aromatic carbocycles. The van der Waals surface area contributed by atoms with E-state index in [0.717, 1.165) is 5.56 Å². The largest absolute Gasteiger partial charge is 0.497 e. The molecule has 164 valence electrons. The summed E-state index contributed by atoms with van der Waals surface area (Å²) in [6.45, 7) is 3.41. The van der Waals surface area contributed by atoms with Gasteiger partial charge in [-0.3, -0.25) is 9.59 Å². The Morgan fingerprint density at radius 2 is 1.94 bits per heavy atom. The van der Waals surface area contributed by atoms with Gasteiger partial charge >= 0.3 is 5.97 Å². The highest BCUT2D eigenvalue weighted by molar-refractivity contribution is 5.95. The number of ether oxygens (including phenoxy) is 2. The first-order valence-corrected chi connectivity index (χ1v) is 10.1. The third-order valence-corrected chi connectivity index (χ3v) is 5.37. The monoisotopic (exact) mass is 429 g/mol. The average Bonchev–Trinajstić information content (AvgIpc) is 3.20. The summed E-state index contributed by atoms with van der Waals surface area (Å²) in [4.78, 5) is 25.2. The van der Waals surface area contributed by atoms with E-state index in [1.807, 2.05) is 12.1 Å². The maximum Gasteiger partial charge on any atom is 0.314 e. The Kier molecular flexibility index (Phi) is 7.05. The van der Waals surface area contributed by atoms with E-state index >= 15 is 0 Å². The van der Waals surface area contributed by atoms with E-state index in [2.05, 4.69) is 5.32 Å². The third kappa shape index (κ3) is 4.93. The second kappa shape index (κ2) is 9.73. The molecule has 3 unspecified atom stereocenters. The van der Waals surface area contributed by atoms with Crippen LogP contribution in [0.2, 0.25) is 0 Å². The van der Waals surface area contributed by atoms with Gasteiger partial charge in [0.15, 0.2) is 11.6 Å². The van der Waals surface area contributed by atoms with Crippen LogP contribution in [0, 0.1) is 24.5 Å². The van der Waals surface area contributed by atoms with Crippen LogP contribution in [0.5, 0.6) is 5.75 Å². The summed E-state index contributed by atoms with van der Waals surface area (Å²) in [5, 5.41) is 2.70. The van der Waals surface area contributed by atoms with Crippen molar-refractivity contribution in [3.8, 4) is 5.75 Å². The zero-order chi connectivity index (χ0) is 22.5. The first-order chi connectivity index (χ1) is 14.8. The first-order valence-electron chi connectivity index (χ1n) is 10.1. The van der Waals surface area contributed by atoms with Crippen molar-refractivity contribution >= 4 is 11.9 Å². The summed E-state index contributed by atoms with van der Waals surface area (Å²) < 4.78 is 38.5. The summed E-state index contributed by atoms with van der Waals surface area (Å²) in [6.07, 6.45) is 4.03. The molecule has 31 heavy (non-hydrogen) atoms. The van der Waals surface area contributed by atoms with Crippen LogP contribution in [-0.4, -0.2) is 31.6 Å². The van der Waals surface area contributed by atoms with E-state index in [0.29, 0.717) is 12.2 Å². The molecule has 0 heterocycles. The minimum atomic E-state index is -1.17. The molecule has 7 heteroatoms. The van der Waals surface area contributed by atoms with Crippen molar-refractivity contribution in [1.82, 2.24) is 5.32 Å². The van der Waals surface area contributed by atoms with Crippen LogP contribution >= 0.6 is 0 Å².